The predicted octanol–water partition coefficient (Wildman–Crippen LogP) is 1.59. The third-order valence-electron chi connectivity index (χ3n) is 3.85. The summed E-state index contributed by atoms with van der Waals surface area (Å²) in [6, 6.07) is 2.98. The van der Waals surface area contributed by atoms with Crippen LogP contribution in [-0.2, 0) is 11.0 Å². The lowest BCUT2D eigenvalue weighted by Crippen LogP contribution is -2.37. The van der Waals surface area contributed by atoms with Crippen molar-refractivity contribution in [3.05, 3.63) is 18.0 Å². The quantitative estimate of drug-likeness (QED) is 0.847. The lowest BCUT2D eigenvalue weighted by atomic mass is 10.3. The van der Waals surface area contributed by atoms with Crippen LogP contribution >= 0.6 is 0 Å². The molecule has 130 valence electrons. The second-order valence-corrected chi connectivity index (χ2v) is 5.64. The van der Waals surface area contributed by atoms with Gasteiger partial charge in [0.1, 0.15) is 5.82 Å². The molecule has 0 N–H and O–H groups in total. The summed E-state index contributed by atoms with van der Waals surface area (Å²) in [4.78, 5) is 15.7. The number of hydrogen-bond donors (Lipinski definition) is 0. The number of aromatic nitrogens is 4. The normalized spacial score (nSPS) is 16.8. The highest BCUT2D eigenvalue weighted by atomic mass is 19.4. The monoisotopic (exact) mass is 342 g/mol. The van der Waals surface area contributed by atoms with Gasteiger partial charge in [-0.1, -0.05) is 6.92 Å². The van der Waals surface area contributed by atoms with Gasteiger partial charge in [0, 0.05) is 19.6 Å². The topological polar surface area (TPSA) is 66.6 Å². The van der Waals surface area contributed by atoms with Crippen molar-refractivity contribution in [1.29, 1.82) is 0 Å². The Bertz CT molecular complexity index is 744. The van der Waals surface area contributed by atoms with Gasteiger partial charge in [-0.2, -0.15) is 17.7 Å². The summed E-state index contributed by atoms with van der Waals surface area (Å²) < 4.78 is 39.5. The fraction of sp³-hybridized carbons (Fsp3) is 0.571. The zero-order chi connectivity index (χ0) is 17.3. The summed E-state index contributed by atoms with van der Waals surface area (Å²) in [7, 11) is 0. The average Bonchev–Trinajstić information content (AvgIpc) is 2.87. The molecule has 1 amide bonds. The van der Waals surface area contributed by atoms with Gasteiger partial charge in [-0.15, -0.1) is 15.3 Å². The fourth-order valence-electron chi connectivity index (χ4n) is 2.75. The van der Waals surface area contributed by atoms with Crippen LogP contribution in [0.1, 0.15) is 25.6 Å². The largest absolute Gasteiger partial charge is 0.453 e. The average molecular weight is 342 g/mol. The van der Waals surface area contributed by atoms with Crippen LogP contribution in [-0.4, -0.2) is 56.8 Å². The number of nitrogens with zero attached hydrogens (tertiary/aromatic N) is 6. The van der Waals surface area contributed by atoms with Gasteiger partial charge in [0.05, 0.1) is 6.54 Å². The van der Waals surface area contributed by atoms with Gasteiger partial charge in [0.2, 0.25) is 5.91 Å². The third-order valence-corrected chi connectivity index (χ3v) is 3.85. The third kappa shape index (κ3) is 3.13. The summed E-state index contributed by atoms with van der Waals surface area (Å²) in [5.74, 6) is -0.913. The van der Waals surface area contributed by atoms with Gasteiger partial charge in [-0.25, -0.2) is 0 Å². The van der Waals surface area contributed by atoms with Crippen LogP contribution in [0.4, 0.5) is 19.0 Å². The molecule has 1 aliphatic heterocycles. The standard InChI is InChI=1S/C14H17F3N6O/c1-2-6-21-7-3-8-22(9-12(21)24)11-5-4-10-18-19-13(14(15,16)17)23(10)20-11/h4-5H,2-3,6-9H2,1H3. The van der Waals surface area contributed by atoms with Crippen molar-refractivity contribution in [2.24, 2.45) is 0 Å². The maximum atomic E-state index is 13.0. The summed E-state index contributed by atoms with van der Waals surface area (Å²) in [6.07, 6.45) is -3.04. The molecule has 1 saturated heterocycles. The molecule has 1 aliphatic rings. The molecule has 0 bridgehead atoms. The van der Waals surface area contributed by atoms with E-state index in [0.29, 0.717) is 30.0 Å². The molecule has 0 radical (unpaired) electrons. The SMILES string of the molecule is CCCN1CCCN(c2ccc3nnc(C(F)(F)F)n3n2)CC1=O. The Balaban J connectivity index is 1.90. The van der Waals surface area contributed by atoms with Gasteiger partial charge < -0.3 is 9.80 Å². The Kier molecular flexibility index (Phi) is 4.29. The molecule has 2 aromatic heterocycles. The minimum absolute atomic E-state index is 0.0137. The van der Waals surface area contributed by atoms with E-state index in [0.717, 1.165) is 12.8 Å². The van der Waals surface area contributed by atoms with Crippen LogP contribution in [0.5, 0.6) is 0 Å². The van der Waals surface area contributed by atoms with Crippen LogP contribution < -0.4 is 4.90 Å². The molecule has 1 fully saturated rings. The second-order valence-electron chi connectivity index (χ2n) is 5.64. The summed E-state index contributed by atoms with van der Waals surface area (Å²) in [6.45, 7) is 3.97. The van der Waals surface area contributed by atoms with Gasteiger partial charge in [0.25, 0.3) is 5.82 Å². The highest BCUT2D eigenvalue weighted by Gasteiger charge is 2.38. The summed E-state index contributed by atoms with van der Waals surface area (Å²) >= 11 is 0. The Hall–Kier alpha value is -2.39. The molecular formula is C14H17F3N6O. The number of alkyl halides is 3. The number of hydrogen-bond acceptors (Lipinski definition) is 5. The Morgan fingerprint density at radius 2 is 2.00 bits per heavy atom. The van der Waals surface area contributed by atoms with Gasteiger partial charge in [0.15, 0.2) is 5.65 Å². The molecule has 0 spiro atoms. The molecule has 0 aliphatic carbocycles. The highest BCUT2D eigenvalue weighted by Crippen LogP contribution is 2.28. The van der Waals surface area contributed by atoms with E-state index in [1.165, 1.54) is 6.07 Å². The molecule has 2 aromatic rings. The molecule has 0 saturated carbocycles. The number of carbonyl (C=O) groups excluding carboxylic acids is 1. The van der Waals surface area contributed by atoms with Crippen LogP contribution in [0.2, 0.25) is 0 Å². The van der Waals surface area contributed by atoms with E-state index in [1.54, 1.807) is 15.9 Å². The molecule has 0 aromatic carbocycles. The molecule has 10 heteroatoms. The Morgan fingerprint density at radius 1 is 1.21 bits per heavy atom. The van der Waals surface area contributed by atoms with Crippen molar-refractivity contribution in [2.45, 2.75) is 25.9 Å². The van der Waals surface area contributed by atoms with E-state index in [2.05, 4.69) is 15.3 Å². The van der Waals surface area contributed by atoms with Crippen molar-refractivity contribution in [3.8, 4) is 0 Å². The number of amides is 1. The molecule has 0 unspecified atom stereocenters. The molecule has 3 heterocycles. The van der Waals surface area contributed by atoms with Crippen molar-refractivity contribution in [2.75, 3.05) is 31.1 Å². The van der Waals surface area contributed by atoms with Gasteiger partial charge >= 0.3 is 6.18 Å². The second kappa shape index (κ2) is 6.25. The van der Waals surface area contributed by atoms with Crippen LogP contribution in [0, 0.1) is 0 Å². The minimum Gasteiger partial charge on any atom is -0.346 e. The first-order chi connectivity index (χ1) is 11.4. The lowest BCUT2D eigenvalue weighted by molar-refractivity contribution is -0.146. The van der Waals surface area contributed by atoms with Crippen molar-refractivity contribution in [1.82, 2.24) is 24.7 Å². The van der Waals surface area contributed by atoms with E-state index in [9.17, 15) is 18.0 Å². The first kappa shape index (κ1) is 16.5. The number of halogens is 3. The highest BCUT2D eigenvalue weighted by molar-refractivity contribution is 5.81. The first-order valence-electron chi connectivity index (χ1n) is 7.72. The molecule has 7 nitrogen and oxygen atoms in total. The maximum absolute atomic E-state index is 13.0. The predicted molar refractivity (Wildman–Crippen MR) is 79.5 cm³/mol. The Morgan fingerprint density at radius 3 is 2.71 bits per heavy atom. The maximum Gasteiger partial charge on any atom is 0.453 e. The number of fused-ring (bicyclic) bond motifs is 1. The molecular weight excluding hydrogens is 325 g/mol. The van der Waals surface area contributed by atoms with Gasteiger partial charge in [-0.05, 0) is 25.0 Å². The van der Waals surface area contributed by atoms with E-state index in [4.69, 9.17) is 0 Å². The summed E-state index contributed by atoms with van der Waals surface area (Å²) in [5, 5.41) is 10.6. The fourth-order valence-corrected chi connectivity index (χ4v) is 2.75. The van der Waals surface area contributed by atoms with E-state index < -0.39 is 12.0 Å². The zero-order valence-corrected chi connectivity index (χ0v) is 13.1. The van der Waals surface area contributed by atoms with Crippen LogP contribution in [0.3, 0.4) is 0 Å². The van der Waals surface area contributed by atoms with E-state index >= 15 is 0 Å². The number of anilines is 1. The number of carbonyl (C=O) groups is 1. The number of rotatable bonds is 3. The van der Waals surface area contributed by atoms with Crippen LogP contribution in [0.15, 0.2) is 12.1 Å². The van der Waals surface area contributed by atoms with Crippen molar-refractivity contribution < 1.29 is 18.0 Å². The van der Waals surface area contributed by atoms with Crippen LogP contribution in [0.25, 0.3) is 5.65 Å². The molecule has 3 rings (SSSR count). The zero-order valence-electron chi connectivity index (χ0n) is 13.1. The summed E-state index contributed by atoms with van der Waals surface area (Å²) in [5.41, 5.74) is 0.0137. The molecule has 0 atom stereocenters. The van der Waals surface area contributed by atoms with Crippen molar-refractivity contribution >= 4 is 17.4 Å². The van der Waals surface area contributed by atoms with Crippen molar-refractivity contribution in [3.63, 3.8) is 0 Å². The molecule has 24 heavy (non-hydrogen) atoms. The van der Waals surface area contributed by atoms with E-state index in [-0.39, 0.29) is 18.1 Å². The Labute approximate surface area is 136 Å². The van der Waals surface area contributed by atoms with E-state index in [1.807, 2.05) is 6.92 Å². The first-order valence-corrected chi connectivity index (χ1v) is 7.72. The van der Waals surface area contributed by atoms with Gasteiger partial charge in [-0.3, -0.25) is 4.79 Å². The smallest absolute Gasteiger partial charge is 0.346 e. The minimum atomic E-state index is -4.64. The lowest BCUT2D eigenvalue weighted by Gasteiger charge is -2.22.